The molecule has 0 radical (unpaired) electrons. The molecule has 1 saturated heterocycles. The van der Waals surface area contributed by atoms with Gasteiger partial charge in [0.05, 0.1) is 37.0 Å². The zero-order valence-corrected chi connectivity index (χ0v) is 25.3. The summed E-state index contributed by atoms with van der Waals surface area (Å²) in [7, 11) is 0. The van der Waals surface area contributed by atoms with Crippen molar-refractivity contribution in [2.75, 3.05) is 36.0 Å². The van der Waals surface area contributed by atoms with Gasteiger partial charge < -0.3 is 25.3 Å². The highest BCUT2D eigenvalue weighted by Crippen LogP contribution is 2.47. The van der Waals surface area contributed by atoms with E-state index in [1.165, 1.54) is 0 Å². The minimum absolute atomic E-state index is 0.0477. The first-order valence-electron chi connectivity index (χ1n) is 15.4. The second-order valence-electron chi connectivity index (χ2n) is 11.6. The minimum Gasteiger partial charge on any atom is -0.395 e. The molecule has 0 saturated carbocycles. The molecule has 3 aromatic carbocycles. The van der Waals surface area contributed by atoms with Crippen molar-refractivity contribution in [1.82, 2.24) is 20.3 Å². The predicted molar refractivity (Wildman–Crippen MR) is 172 cm³/mol. The molecule has 4 aromatic rings. The Hall–Kier alpha value is -4.64. The van der Waals surface area contributed by atoms with Crippen LogP contribution in [0.1, 0.15) is 41.6 Å². The normalized spacial score (nSPS) is 19.7. The Bertz CT molecular complexity index is 1670. The number of carbonyl (C=O) groups excluding carboxylic acids is 2. The smallest absolute Gasteiger partial charge is 0.264 e. The van der Waals surface area contributed by atoms with Gasteiger partial charge in [-0.2, -0.15) is 0 Å². The van der Waals surface area contributed by atoms with Gasteiger partial charge in [-0.15, -0.1) is 5.10 Å². The molecule has 10 nitrogen and oxygen atoms in total. The molecule has 10 heteroatoms. The number of nitrogens with one attached hydrogen (secondary N) is 1. The van der Waals surface area contributed by atoms with Crippen LogP contribution in [0, 0.1) is 5.92 Å². The SMILES string of the molecule is C[C@H](/C=C/CCn1cc(C(CO)c2ccccc2)nn1)[C@@]1(O)C(=O)N(Cc2ccccc2)c2ccc(N3CCNCC3=O)cc21. The molecule has 2 amide bonds. The monoisotopic (exact) mass is 606 g/mol. The van der Waals surface area contributed by atoms with Gasteiger partial charge in [0, 0.05) is 43.0 Å². The molecule has 1 aromatic heterocycles. The van der Waals surface area contributed by atoms with Gasteiger partial charge in [0.25, 0.3) is 5.91 Å². The van der Waals surface area contributed by atoms with E-state index < -0.39 is 11.5 Å². The number of anilines is 2. The number of amides is 2. The Kier molecular flexibility index (Phi) is 8.88. The molecule has 3 heterocycles. The zero-order chi connectivity index (χ0) is 31.4. The molecule has 3 N–H and O–H groups in total. The van der Waals surface area contributed by atoms with E-state index in [1.807, 2.05) is 98.1 Å². The fourth-order valence-electron chi connectivity index (χ4n) is 6.19. The first kappa shape index (κ1) is 30.4. The van der Waals surface area contributed by atoms with Crippen molar-refractivity contribution in [3.8, 4) is 0 Å². The van der Waals surface area contributed by atoms with Crippen LogP contribution in [-0.4, -0.2) is 63.3 Å². The molecular formula is C35H38N6O4. The summed E-state index contributed by atoms with van der Waals surface area (Å²) in [6.07, 6.45) is 6.26. The number of aliphatic hydroxyl groups is 2. The lowest BCUT2D eigenvalue weighted by Gasteiger charge is -2.30. The molecule has 0 bridgehead atoms. The van der Waals surface area contributed by atoms with E-state index >= 15 is 0 Å². The van der Waals surface area contributed by atoms with Gasteiger partial charge in [-0.05, 0) is 35.7 Å². The van der Waals surface area contributed by atoms with Gasteiger partial charge in [-0.25, -0.2) is 0 Å². The third kappa shape index (κ3) is 6.04. The van der Waals surface area contributed by atoms with E-state index in [2.05, 4.69) is 15.6 Å². The van der Waals surface area contributed by atoms with Gasteiger partial charge in [-0.1, -0.05) is 85.0 Å². The molecule has 2 aliphatic heterocycles. The van der Waals surface area contributed by atoms with E-state index in [4.69, 9.17) is 0 Å². The van der Waals surface area contributed by atoms with Crippen LogP contribution in [0.3, 0.4) is 0 Å². The van der Waals surface area contributed by atoms with Crippen molar-refractivity contribution >= 4 is 23.2 Å². The van der Waals surface area contributed by atoms with Crippen LogP contribution in [0.2, 0.25) is 0 Å². The largest absolute Gasteiger partial charge is 0.395 e. The number of benzene rings is 3. The van der Waals surface area contributed by atoms with Gasteiger partial charge in [0.15, 0.2) is 5.60 Å². The van der Waals surface area contributed by atoms with Crippen LogP contribution < -0.4 is 15.1 Å². The average molecular weight is 607 g/mol. The number of hydrogen-bond donors (Lipinski definition) is 3. The van der Waals surface area contributed by atoms with Crippen LogP contribution in [0.25, 0.3) is 0 Å². The Morgan fingerprint density at radius 3 is 2.53 bits per heavy atom. The highest BCUT2D eigenvalue weighted by Gasteiger charge is 2.52. The molecule has 232 valence electrons. The Morgan fingerprint density at radius 2 is 1.80 bits per heavy atom. The lowest BCUT2D eigenvalue weighted by Crippen LogP contribution is -2.48. The van der Waals surface area contributed by atoms with E-state index in [-0.39, 0.29) is 30.9 Å². The molecule has 3 atom stereocenters. The molecular weight excluding hydrogens is 568 g/mol. The zero-order valence-electron chi connectivity index (χ0n) is 25.3. The highest BCUT2D eigenvalue weighted by atomic mass is 16.3. The summed E-state index contributed by atoms with van der Waals surface area (Å²) in [4.78, 5) is 30.1. The van der Waals surface area contributed by atoms with Crippen LogP contribution in [0.5, 0.6) is 0 Å². The lowest BCUT2D eigenvalue weighted by atomic mass is 9.82. The number of rotatable bonds is 11. The van der Waals surface area contributed by atoms with Gasteiger partial charge in [-0.3, -0.25) is 14.3 Å². The van der Waals surface area contributed by atoms with Gasteiger partial charge in [0.2, 0.25) is 5.91 Å². The van der Waals surface area contributed by atoms with E-state index in [0.717, 1.165) is 11.1 Å². The molecule has 1 fully saturated rings. The van der Waals surface area contributed by atoms with Crippen molar-refractivity contribution < 1.29 is 19.8 Å². The summed E-state index contributed by atoms with van der Waals surface area (Å²) in [5.41, 5.74) is 2.63. The summed E-state index contributed by atoms with van der Waals surface area (Å²) in [5, 5.41) is 33.8. The predicted octanol–water partition coefficient (Wildman–Crippen LogP) is 3.36. The van der Waals surface area contributed by atoms with E-state index in [1.54, 1.807) is 20.5 Å². The van der Waals surface area contributed by atoms with Crippen molar-refractivity contribution in [1.29, 1.82) is 0 Å². The Labute approximate surface area is 262 Å². The second-order valence-corrected chi connectivity index (χ2v) is 11.6. The standard InChI is InChI=1S/C35H38N6O4/c1-25(10-8-9-18-39-23-31(37-38-39)29(24-42)27-13-6-3-7-14-27)35(45)30-20-28(40-19-17-36-21-33(40)43)15-16-32(30)41(34(35)44)22-26-11-4-2-5-12-26/h2-8,10-16,20,23,25,29,36,42,45H,9,17-19,21-22,24H2,1H3/b10-8+/t25-,29?,35+/m1/s1. The second kappa shape index (κ2) is 13.2. The number of aromatic nitrogens is 3. The summed E-state index contributed by atoms with van der Waals surface area (Å²) < 4.78 is 1.74. The van der Waals surface area contributed by atoms with Crippen LogP contribution in [-0.2, 0) is 28.3 Å². The number of aliphatic hydroxyl groups excluding tert-OH is 1. The topological polar surface area (TPSA) is 124 Å². The van der Waals surface area contributed by atoms with E-state index in [0.29, 0.717) is 55.2 Å². The van der Waals surface area contributed by atoms with Crippen molar-refractivity contribution in [3.05, 3.63) is 120 Å². The number of nitrogens with zero attached hydrogens (tertiary/aromatic N) is 5. The molecule has 2 aliphatic rings. The Morgan fingerprint density at radius 1 is 1.04 bits per heavy atom. The van der Waals surface area contributed by atoms with Crippen LogP contribution >= 0.6 is 0 Å². The number of aryl methyl sites for hydroxylation is 1. The third-order valence-electron chi connectivity index (χ3n) is 8.74. The van der Waals surface area contributed by atoms with Gasteiger partial charge in [0.1, 0.15) is 0 Å². The first-order chi connectivity index (χ1) is 21.9. The van der Waals surface area contributed by atoms with Gasteiger partial charge >= 0.3 is 0 Å². The van der Waals surface area contributed by atoms with Crippen molar-refractivity contribution in [2.24, 2.45) is 5.92 Å². The van der Waals surface area contributed by atoms with E-state index in [9.17, 15) is 19.8 Å². The average Bonchev–Trinajstić information content (AvgIpc) is 3.62. The first-order valence-corrected chi connectivity index (χ1v) is 15.4. The number of hydrogen-bond acceptors (Lipinski definition) is 7. The highest BCUT2D eigenvalue weighted by molar-refractivity contribution is 6.08. The summed E-state index contributed by atoms with van der Waals surface area (Å²) >= 11 is 0. The molecule has 6 rings (SSSR count). The lowest BCUT2D eigenvalue weighted by molar-refractivity contribution is -0.139. The quantitative estimate of drug-likeness (QED) is 0.224. The number of piperazine rings is 1. The summed E-state index contributed by atoms with van der Waals surface area (Å²) in [5.74, 6) is -1.24. The van der Waals surface area contributed by atoms with Crippen LogP contribution in [0.15, 0.2) is 97.2 Å². The maximum atomic E-state index is 14.1. The fourth-order valence-corrected chi connectivity index (χ4v) is 6.19. The summed E-state index contributed by atoms with van der Waals surface area (Å²) in [6.45, 7) is 4.07. The maximum absolute atomic E-state index is 14.1. The van der Waals surface area contributed by atoms with Crippen molar-refractivity contribution in [2.45, 2.75) is 38.0 Å². The Balaban J connectivity index is 1.21. The number of allylic oxidation sites excluding steroid dienone is 1. The van der Waals surface area contributed by atoms with Crippen LogP contribution in [0.4, 0.5) is 11.4 Å². The molecule has 45 heavy (non-hydrogen) atoms. The number of fused-ring (bicyclic) bond motifs is 1. The molecule has 0 aliphatic carbocycles. The number of carbonyl (C=O) groups is 2. The third-order valence-corrected chi connectivity index (χ3v) is 8.74. The minimum atomic E-state index is -1.81. The fraction of sp³-hybridized carbons (Fsp3) is 0.314. The van der Waals surface area contributed by atoms with Crippen molar-refractivity contribution in [3.63, 3.8) is 0 Å². The summed E-state index contributed by atoms with van der Waals surface area (Å²) in [6, 6.07) is 24.9. The molecule has 0 spiro atoms. The molecule has 1 unspecified atom stereocenters. The maximum Gasteiger partial charge on any atom is 0.264 e.